The summed E-state index contributed by atoms with van der Waals surface area (Å²) in [4.78, 5) is 34.1. The second-order valence-corrected chi connectivity index (χ2v) is 6.64. The van der Waals surface area contributed by atoms with Gasteiger partial charge in [-0.05, 0) is 36.8 Å². The van der Waals surface area contributed by atoms with Crippen LogP contribution in [0.4, 0.5) is 11.4 Å². The highest BCUT2D eigenvalue weighted by Gasteiger charge is 2.17. The van der Waals surface area contributed by atoms with Crippen LogP contribution in [0.25, 0.3) is 0 Å². The first-order valence-electron chi connectivity index (χ1n) is 8.51. The molecular weight excluding hydrogens is 416 g/mol. The van der Waals surface area contributed by atoms with Crippen molar-refractivity contribution in [1.29, 1.82) is 0 Å². The summed E-state index contributed by atoms with van der Waals surface area (Å²) in [6, 6.07) is 10.1. The number of anilines is 1. The summed E-state index contributed by atoms with van der Waals surface area (Å²) in [6.45, 7) is 1.26. The highest BCUT2D eigenvalue weighted by atomic mass is 35.5. The van der Waals surface area contributed by atoms with E-state index in [0.717, 1.165) is 16.3 Å². The smallest absolute Gasteiger partial charge is 0.325 e. The standard InChI is InChI=1S/C19H15ClN4O6/c1-11-6-12(20)2-3-17(11)30-15-8-13(7-14(9-15)24(28)29)22-19(27)16-4-5-21-23(16)10-18(25)26/h2-9H,10H2,1H3,(H,22,27)(H,25,26). The van der Waals surface area contributed by atoms with Crippen molar-refractivity contribution in [2.75, 3.05) is 5.32 Å². The number of nitro groups is 1. The highest BCUT2D eigenvalue weighted by molar-refractivity contribution is 6.30. The molecule has 3 aromatic rings. The zero-order valence-electron chi connectivity index (χ0n) is 15.5. The van der Waals surface area contributed by atoms with Crippen molar-refractivity contribution in [3.63, 3.8) is 0 Å². The molecule has 0 unspecified atom stereocenters. The van der Waals surface area contributed by atoms with Gasteiger partial charge in [-0.1, -0.05) is 11.6 Å². The third-order valence-electron chi connectivity index (χ3n) is 3.96. The maximum Gasteiger partial charge on any atom is 0.325 e. The molecule has 0 saturated heterocycles. The third-order valence-corrected chi connectivity index (χ3v) is 4.19. The van der Waals surface area contributed by atoms with Crippen LogP contribution < -0.4 is 10.1 Å². The van der Waals surface area contributed by atoms with Gasteiger partial charge in [0.1, 0.15) is 23.7 Å². The molecule has 0 radical (unpaired) electrons. The largest absolute Gasteiger partial charge is 0.480 e. The summed E-state index contributed by atoms with van der Waals surface area (Å²) < 4.78 is 6.74. The van der Waals surface area contributed by atoms with E-state index >= 15 is 0 Å². The number of amides is 1. The van der Waals surface area contributed by atoms with E-state index in [1.807, 2.05) is 0 Å². The second-order valence-electron chi connectivity index (χ2n) is 6.21. The first kappa shape index (κ1) is 20.8. The summed E-state index contributed by atoms with van der Waals surface area (Å²) in [6.07, 6.45) is 1.28. The molecule has 11 heteroatoms. The number of aromatic nitrogens is 2. The lowest BCUT2D eigenvalue weighted by Crippen LogP contribution is -2.20. The van der Waals surface area contributed by atoms with Crippen molar-refractivity contribution in [3.8, 4) is 11.5 Å². The Labute approximate surface area is 174 Å². The summed E-state index contributed by atoms with van der Waals surface area (Å²) in [5, 5.41) is 27.0. The fourth-order valence-corrected chi connectivity index (χ4v) is 2.88. The van der Waals surface area contributed by atoms with Gasteiger partial charge in [0.2, 0.25) is 0 Å². The predicted octanol–water partition coefficient (Wildman–Crippen LogP) is 3.88. The molecule has 0 aliphatic rings. The molecule has 1 amide bonds. The van der Waals surface area contributed by atoms with E-state index in [9.17, 15) is 19.7 Å². The Morgan fingerprint density at radius 2 is 2.03 bits per heavy atom. The molecule has 3 rings (SSSR count). The Balaban J connectivity index is 1.89. The number of carboxylic acids is 1. The van der Waals surface area contributed by atoms with Gasteiger partial charge in [-0.3, -0.25) is 19.7 Å². The third kappa shape index (κ3) is 4.92. The SMILES string of the molecule is Cc1cc(Cl)ccc1Oc1cc(NC(=O)c2ccnn2CC(=O)O)cc([N+](=O)[O-])c1. The molecule has 0 bridgehead atoms. The van der Waals surface area contributed by atoms with Crippen molar-refractivity contribution in [1.82, 2.24) is 9.78 Å². The zero-order valence-corrected chi connectivity index (χ0v) is 16.3. The number of nitrogens with zero attached hydrogens (tertiary/aromatic N) is 3. The molecule has 2 N–H and O–H groups in total. The Hall–Kier alpha value is -3.92. The zero-order chi connectivity index (χ0) is 21.8. The number of aryl methyl sites for hydroxylation is 1. The lowest BCUT2D eigenvalue weighted by atomic mass is 10.2. The minimum atomic E-state index is -1.17. The van der Waals surface area contributed by atoms with Crippen LogP contribution in [0, 0.1) is 17.0 Å². The quantitative estimate of drug-likeness (QED) is 0.428. The van der Waals surface area contributed by atoms with Gasteiger partial charge in [-0.2, -0.15) is 5.10 Å². The van der Waals surface area contributed by atoms with E-state index in [0.29, 0.717) is 10.8 Å². The van der Waals surface area contributed by atoms with Crippen LogP contribution in [0.3, 0.4) is 0 Å². The van der Waals surface area contributed by atoms with Crippen molar-refractivity contribution in [3.05, 3.63) is 75.1 Å². The minimum Gasteiger partial charge on any atom is -0.480 e. The summed E-state index contributed by atoms with van der Waals surface area (Å²) in [5.74, 6) is -1.28. The van der Waals surface area contributed by atoms with E-state index in [1.165, 1.54) is 24.4 Å². The van der Waals surface area contributed by atoms with Gasteiger partial charge in [-0.25, -0.2) is 4.68 Å². The number of benzene rings is 2. The highest BCUT2D eigenvalue weighted by Crippen LogP contribution is 2.32. The number of aliphatic carboxylic acids is 1. The van der Waals surface area contributed by atoms with Crippen LogP contribution in [-0.4, -0.2) is 31.7 Å². The molecule has 0 fully saturated rings. The molecule has 0 aliphatic carbocycles. The number of non-ortho nitro benzene ring substituents is 1. The van der Waals surface area contributed by atoms with Gasteiger partial charge in [-0.15, -0.1) is 0 Å². The van der Waals surface area contributed by atoms with E-state index < -0.39 is 23.3 Å². The van der Waals surface area contributed by atoms with Gasteiger partial charge < -0.3 is 15.2 Å². The first-order valence-corrected chi connectivity index (χ1v) is 8.89. The Morgan fingerprint density at radius 1 is 1.27 bits per heavy atom. The number of carbonyl (C=O) groups excluding carboxylic acids is 1. The van der Waals surface area contributed by atoms with Crippen molar-refractivity contribution >= 4 is 34.9 Å². The number of rotatable bonds is 7. The van der Waals surface area contributed by atoms with Crippen LogP contribution in [0.15, 0.2) is 48.7 Å². The molecule has 0 saturated carbocycles. The van der Waals surface area contributed by atoms with Crippen LogP contribution in [0.5, 0.6) is 11.5 Å². The van der Waals surface area contributed by atoms with Crippen molar-refractivity contribution < 1.29 is 24.4 Å². The van der Waals surface area contributed by atoms with E-state index in [1.54, 1.807) is 25.1 Å². The Morgan fingerprint density at radius 3 is 2.70 bits per heavy atom. The fourth-order valence-electron chi connectivity index (χ4n) is 2.65. The summed E-state index contributed by atoms with van der Waals surface area (Å²) >= 11 is 5.93. The number of halogens is 1. The molecule has 1 aromatic heterocycles. The minimum absolute atomic E-state index is 0.0140. The molecule has 30 heavy (non-hydrogen) atoms. The molecule has 1 heterocycles. The van der Waals surface area contributed by atoms with E-state index in [2.05, 4.69) is 10.4 Å². The lowest BCUT2D eigenvalue weighted by Gasteiger charge is -2.11. The van der Waals surface area contributed by atoms with Gasteiger partial charge >= 0.3 is 5.97 Å². The summed E-state index contributed by atoms with van der Waals surface area (Å²) in [5.41, 5.74) is 0.504. The molecule has 154 valence electrons. The van der Waals surface area contributed by atoms with Crippen LogP contribution >= 0.6 is 11.6 Å². The normalized spacial score (nSPS) is 10.5. The van der Waals surface area contributed by atoms with Crippen LogP contribution in [0.2, 0.25) is 5.02 Å². The Kier molecular flexibility index (Phi) is 5.98. The second kappa shape index (κ2) is 8.62. The van der Waals surface area contributed by atoms with Crippen molar-refractivity contribution in [2.24, 2.45) is 0 Å². The predicted molar refractivity (Wildman–Crippen MR) is 107 cm³/mol. The number of carbonyl (C=O) groups is 2. The van der Waals surface area contributed by atoms with Gasteiger partial charge in [0.25, 0.3) is 11.6 Å². The average molecular weight is 431 g/mol. The molecule has 0 aliphatic heterocycles. The maximum atomic E-state index is 12.5. The number of carboxylic acid groups (broad SMARTS) is 1. The first-order chi connectivity index (χ1) is 14.2. The Bertz CT molecular complexity index is 1140. The molecule has 0 atom stereocenters. The summed E-state index contributed by atoms with van der Waals surface area (Å²) in [7, 11) is 0. The number of hydrogen-bond acceptors (Lipinski definition) is 6. The monoisotopic (exact) mass is 430 g/mol. The van der Waals surface area contributed by atoms with Gasteiger partial charge in [0, 0.05) is 23.4 Å². The molecular formula is C19H15ClN4O6. The lowest BCUT2D eigenvalue weighted by molar-refractivity contribution is -0.384. The van der Waals surface area contributed by atoms with E-state index in [4.69, 9.17) is 21.4 Å². The van der Waals surface area contributed by atoms with Gasteiger partial charge in [0.15, 0.2) is 0 Å². The maximum absolute atomic E-state index is 12.5. The number of hydrogen-bond donors (Lipinski definition) is 2. The molecule has 2 aromatic carbocycles. The van der Waals surface area contributed by atoms with Crippen LogP contribution in [0.1, 0.15) is 16.1 Å². The molecule has 0 spiro atoms. The van der Waals surface area contributed by atoms with E-state index in [-0.39, 0.29) is 22.8 Å². The average Bonchev–Trinajstić information content (AvgIpc) is 3.11. The molecule has 10 nitrogen and oxygen atoms in total. The fraction of sp³-hybridized carbons (Fsp3) is 0.105. The van der Waals surface area contributed by atoms with Crippen LogP contribution in [-0.2, 0) is 11.3 Å². The van der Waals surface area contributed by atoms with Gasteiger partial charge in [0.05, 0.1) is 16.7 Å². The number of nitro benzene ring substituents is 1. The number of nitrogens with one attached hydrogen (secondary N) is 1. The number of ether oxygens (including phenoxy) is 1. The van der Waals surface area contributed by atoms with Crippen molar-refractivity contribution in [2.45, 2.75) is 13.5 Å². The topological polar surface area (TPSA) is 137 Å².